The summed E-state index contributed by atoms with van der Waals surface area (Å²) in [5, 5.41) is 10.9. The van der Waals surface area contributed by atoms with Crippen LogP contribution in [-0.4, -0.2) is 52.8 Å². The molecule has 0 amide bonds. The van der Waals surface area contributed by atoms with Crippen LogP contribution >= 0.6 is 0 Å². The number of carbonyl (C=O) groups excluding carboxylic acids is 4. The van der Waals surface area contributed by atoms with E-state index in [9.17, 15) is 24.3 Å². The maximum Gasteiger partial charge on any atom is 0.334 e. The summed E-state index contributed by atoms with van der Waals surface area (Å²) in [5.74, 6) is -3.04. The SMILES string of the molecule is C=C1C(=O)OC2C1CC(O)C(=C)C1CC(=O)C(C3CCC4=CCC56C(=C)C(=O)C5OC6C5C(=C)C(=O)C3=C45)C12. The van der Waals surface area contributed by atoms with E-state index in [2.05, 4.69) is 32.4 Å². The van der Waals surface area contributed by atoms with Gasteiger partial charge in [0.1, 0.15) is 18.0 Å². The molecule has 1 spiro atoms. The van der Waals surface area contributed by atoms with Crippen molar-refractivity contribution in [3.05, 3.63) is 71.4 Å². The van der Waals surface area contributed by atoms with Crippen LogP contribution in [0.5, 0.6) is 0 Å². The summed E-state index contributed by atoms with van der Waals surface area (Å²) in [7, 11) is 0. The molecule has 8 aliphatic rings. The van der Waals surface area contributed by atoms with Crippen LogP contribution in [0.1, 0.15) is 32.1 Å². The Morgan fingerprint density at radius 1 is 0.974 bits per heavy atom. The van der Waals surface area contributed by atoms with Crippen LogP contribution < -0.4 is 0 Å². The van der Waals surface area contributed by atoms with E-state index in [-0.39, 0.29) is 60.0 Å². The Labute approximate surface area is 226 Å². The third kappa shape index (κ3) is 2.53. The molecule has 2 aliphatic heterocycles. The monoisotopic (exact) mass is 526 g/mol. The number of carbonyl (C=O) groups is 4. The number of rotatable bonds is 1. The maximum atomic E-state index is 14.0. The van der Waals surface area contributed by atoms with Gasteiger partial charge in [-0.2, -0.15) is 0 Å². The molecule has 7 heteroatoms. The van der Waals surface area contributed by atoms with E-state index < -0.39 is 41.5 Å². The van der Waals surface area contributed by atoms with Gasteiger partial charge in [-0.3, -0.25) is 14.4 Å². The Bertz CT molecular complexity index is 1470. The highest BCUT2D eigenvalue weighted by atomic mass is 16.6. The zero-order valence-corrected chi connectivity index (χ0v) is 21.6. The first-order valence-electron chi connectivity index (χ1n) is 13.9. The first kappa shape index (κ1) is 23.7. The molecule has 0 aromatic rings. The molecular formula is C32H30O7. The summed E-state index contributed by atoms with van der Waals surface area (Å²) in [6.45, 7) is 16.4. The Hall–Kier alpha value is -3.16. The summed E-state index contributed by atoms with van der Waals surface area (Å²) in [6, 6.07) is 0. The quantitative estimate of drug-likeness (QED) is 0.318. The van der Waals surface area contributed by atoms with E-state index in [1.165, 1.54) is 0 Å². The van der Waals surface area contributed by atoms with E-state index >= 15 is 0 Å². The normalized spacial score (nSPS) is 47.8. The molecule has 39 heavy (non-hydrogen) atoms. The topological polar surface area (TPSA) is 107 Å². The van der Waals surface area contributed by atoms with E-state index in [0.717, 1.165) is 11.1 Å². The molecule has 0 aromatic heterocycles. The van der Waals surface area contributed by atoms with Crippen molar-refractivity contribution in [1.82, 2.24) is 0 Å². The molecule has 5 fully saturated rings. The number of ether oxygens (including phenoxy) is 2. The third-order valence-corrected chi connectivity index (χ3v) is 11.5. The van der Waals surface area contributed by atoms with Gasteiger partial charge >= 0.3 is 5.97 Å². The largest absolute Gasteiger partial charge is 0.458 e. The van der Waals surface area contributed by atoms with Crippen LogP contribution in [0.15, 0.2) is 71.4 Å². The predicted molar refractivity (Wildman–Crippen MR) is 138 cm³/mol. The Balaban J connectivity index is 1.24. The van der Waals surface area contributed by atoms with Gasteiger partial charge in [0.25, 0.3) is 0 Å². The minimum atomic E-state index is -0.856. The first-order valence-corrected chi connectivity index (χ1v) is 13.9. The van der Waals surface area contributed by atoms with Crippen LogP contribution in [0.4, 0.5) is 0 Å². The van der Waals surface area contributed by atoms with Gasteiger partial charge in [0.05, 0.1) is 17.6 Å². The van der Waals surface area contributed by atoms with Gasteiger partial charge in [0.15, 0.2) is 11.6 Å². The fraction of sp³-hybridized carbons (Fsp3) is 0.500. The molecule has 6 aliphatic carbocycles. The van der Waals surface area contributed by atoms with Crippen LogP contribution in [0.3, 0.4) is 0 Å². The van der Waals surface area contributed by atoms with Crippen molar-refractivity contribution in [1.29, 1.82) is 0 Å². The zero-order valence-electron chi connectivity index (χ0n) is 21.6. The van der Waals surface area contributed by atoms with E-state index in [1.807, 2.05) is 0 Å². The number of ketones is 3. The Morgan fingerprint density at radius 3 is 2.49 bits per heavy atom. The number of aliphatic hydroxyl groups excluding tert-OH is 1. The molecule has 8 rings (SSSR count). The molecule has 200 valence electrons. The van der Waals surface area contributed by atoms with Gasteiger partial charge in [-0.1, -0.05) is 32.4 Å². The summed E-state index contributed by atoms with van der Waals surface area (Å²) < 4.78 is 12.0. The highest BCUT2D eigenvalue weighted by Crippen LogP contribution is 2.67. The lowest BCUT2D eigenvalue weighted by molar-refractivity contribution is -0.256. The second kappa shape index (κ2) is 7.32. The number of hydrogen-bond acceptors (Lipinski definition) is 7. The number of allylic oxidation sites excluding steroid dienone is 3. The van der Waals surface area contributed by atoms with E-state index in [4.69, 9.17) is 9.47 Å². The van der Waals surface area contributed by atoms with Crippen molar-refractivity contribution >= 4 is 23.3 Å². The van der Waals surface area contributed by atoms with Gasteiger partial charge in [0.2, 0.25) is 0 Å². The fourth-order valence-electron chi connectivity index (χ4n) is 9.58. The highest BCUT2D eigenvalue weighted by molar-refractivity contribution is 6.15. The van der Waals surface area contributed by atoms with Crippen molar-refractivity contribution < 1.29 is 33.8 Å². The minimum Gasteiger partial charge on any atom is -0.458 e. The maximum absolute atomic E-state index is 14.0. The van der Waals surface area contributed by atoms with Crippen molar-refractivity contribution in [2.45, 2.75) is 56.5 Å². The predicted octanol–water partition coefficient (Wildman–Crippen LogP) is 2.91. The van der Waals surface area contributed by atoms with Crippen molar-refractivity contribution in [2.75, 3.05) is 0 Å². The molecule has 3 saturated carbocycles. The van der Waals surface area contributed by atoms with Crippen LogP contribution in [0, 0.1) is 40.9 Å². The van der Waals surface area contributed by atoms with Gasteiger partial charge in [0, 0.05) is 52.4 Å². The van der Waals surface area contributed by atoms with E-state index in [0.29, 0.717) is 47.1 Å². The molecule has 7 nitrogen and oxygen atoms in total. The number of esters is 1. The number of Topliss-reactive ketones (excluding diaryl/α,β-unsaturated/α-hetero) is 3. The van der Waals surface area contributed by atoms with E-state index in [1.54, 1.807) is 0 Å². The fourth-order valence-corrected chi connectivity index (χ4v) is 9.58. The summed E-state index contributed by atoms with van der Waals surface area (Å²) >= 11 is 0. The molecule has 11 atom stereocenters. The molecule has 2 saturated heterocycles. The summed E-state index contributed by atoms with van der Waals surface area (Å²) in [5.41, 5.74) is 4.10. The molecule has 0 radical (unpaired) electrons. The average molecular weight is 527 g/mol. The lowest BCUT2D eigenvalue weighted by Crippen LogP contribution is -2.74. The number of aliphatic hydroxyl groups is 1. The smallest absolute Gasteiger partial charge is 0.334 e. The molecule has 2 heterocycles. The second-order valence-corrected chi connectivity index (χ2v) is 12.8. The first-order chi connectivity index (χ1) is 18.6. The molecule has 1 N–H and O–H groups in total. The lowest BCUT2D eigenvalue weighted by atomic mass is 9.50. The number of fused-ring (bicyclic) bond motifs is 4. The second-order valence-electron chi connectivity index (χ2n) is 12.8. The lowest BCUT2D eigenvalue weighted by Gasteiger charge is -2.63. The van der Waals surface area contributed by atoms with Crippen molar-refractivity contribution in [3.8, 4) is 0 Å². The highest BCUT2D eigenvalue weighted by Gasteiger charge is 2.74. The van der Waals surface area contributed by atoms with Gasteiger partial charge in [-0.15, -0.1) is 0 Å². The zero-order chi connectivity index (χ0) is 27.3. The van der Waals surface area contributed by atoms with Crippen molar-refractivity contribution in [3.63, 3.8) is 0 Å². The van der Waals surface area contributed by atoms with Crippen LogP contribution in [0.25, 0.3) is 0 Å². The Kier molecular flexibility index (Phi) is 4.45. The third-order valence-electron chi connectivity index (χ3n) is 11.5. The van der Waals surface area contributed by atoms with Gasteiger partial charge in [-0.25, -0.2) is 4.79 Å². The average Bonchev–Trinajstić information content (AvgIpc) is 3.42. The van der Waals surface area contributed by atoms with Crippen LogP contribution in [0.2, 0.25) is 0 Å². The molecule has 0 bridgehead atoms. The Morgan fingerprint density at radius 2 is 1.74 bits per heavy atom. The van der Waals surface area contributed by atoms with Gasteiger partial charge in [-0.05, 0) is 54.2 Å². The standard InChI is InChI=1S/C32H30O7/c1-11-17-9-20(34)23(25(17)28-18(10-19(11)33)12(2)31(37)38-28)16-6-5-15-7-8-32-14(4)27(36)30(32)39-29(32)21-13(3)26(35)24(16)22(15)21/h7,16-19,21,23,25,28-30,33H,1-6,8-10H2. The summed E-state index contributed by atoms with van der Waals surface area (Å²) in [6.07, 6.45) is 2.28. The number of hydrogen-bond donors (Lipinski definition) is 1. The molecule has 0 aromatic carbocycles. The molecule has 11 unspecified atom stereocenters. The van der Waals surface area contributed by atoms with Gasteiger partial charge < -0.3 is 14.6 Å². The molecular weight excluding hydrogens is 496 g/mol. The summed E-state index contributed by atoms with van der Waals surface area (Å²) in [4.78, 5) is 52.8. The van der Waals surface area contributed by atoms with Crippen LogP contribution in [-0.2, 0) is 28.7 Å². The van der Waals surface area contributed by atoms with Crippen molar-refractivity contribution in [2.24, 2.45) is 40.9 Å². The minimum absolute atomic E-state index is 0.0166.